The number of carbonyl (C=O) groups excluding carboxylic acids is 1. The van der Waals surface area contributed by atoms with Crippen molar-refractivity contribution in [2.45, 2.75) is 12.0 Å². The average molecular weight is 299 g/mol. The van der Waals surface area contributed by atoms with Gasteiger partial charge >= 0.3 is 5.97 Å². The lowest BCUT2D eigenvalue weighted by molar-refractivity contribution is -0.140. The van der Waals surface area contributed by atoms with Crippen molar-refractivity contribution in [3.05, 3.63) is 71.0 Å². The summed E-state index contributed by atoms with van der Waals surface area (Å²) < 4.78 is 13.1. The highest BCUT2D eigenvalue weighted by Crippen LogP contribution is 2.41. The number of fused-ring (bicyclic) bond motifs is 1. The normalized spacial score (nSPS) is 20.6. The van der Waals surface area contributed by atoms with E-state index in [-0.39, 0.29) is 5.91 Å². The lowest BCUT2D eigenvalue weighted by atomic mass is 9.80. The van der Waals surface area contributed by atoms with Gasteiger partial charge in [-0.15, -0.1) is 0 Å². The summed E-state index contributed by atoms with van der Waals surface area (Å²) in [5, 5.41) is 9.66. The third-order valence-corrected chi connectivity index (χ3v) is 4.06. The van der Waals surface area contributed by atoms with Crippen LogP contribution in [-0.4, -0.2) is 28.9 Å². The minimum atomic E-state index is -1.01. The Bertz CT molecular complexity index is 742. The molecule has 0 aromatic heterocycles. The van der Waals surface area contributed by atoms with E-state index < -0.39 is 23.7 Å². The Morgan fingerprint density at radius 1 is 1.14 bits per heavy atom. The van der Waals surface area contributed by atoms with Crippen LogP contribution in [-0.2, 0) is 4.79 Å². The van der Waals surface area contributed by atoms with Crippen LogP contribution in [0.4, 0.5) is 4.39 Å². The van der Waals surface area contributed by atoms with E-state index in [1.807, 2.05) is 0 Å². The molecule has 0 fully saturated rings. The first kappa shape index (κ1) is 14.3. The van der Waals surface area contributed by atoms with Crippen molar-refractivity contribution in [2.75, 3.05) is 7.05 Å². The lowest BCUT2D eigenvalue weighted by Gasteiger charge is -2.38. The van der Waals surface area contributed by atoms with Crippen molar-refractivity contribution in [1.29, 1.82) is 0 Å². The summed E-state index contributed by atoms with van der Waals surface area (Å²) in [5.74, 6) is -2.53. The van der Waals surface area contributed by atoms with E-state index in [1.54, 1.807) is 31.3 Å². The monoisotopic (exact) mass is 299 g/mol. The van der Waals surface area contributed by atoms with Gasteiger partial charge in [-0.3, -0.25) is 9.59 Å². The smallest absolute Gasteiger partial charge is 0.313 e. The highest BCUT2D eigenvalue weighted by molar-refractivity contribution is 6.00. The van der Waals surface area contributed by atoms with Gasteiger partial charge in [-0.25, -0.2) is 4.39 Å². The number of halogens is 1. The summed E-state index contributed by atoms with van der Waals surface area (Å²) in [6, 6.07) is 11.6. The van der Waals surface area contributed by atoms with E-state index >= 15 is 0 Å². The van der Waals surface area contributed by atoms with Gasteiger partial charge in [0.2, 0.25) is 0 Å². The molecule has 1 amide bonds. The number of hydrogen-bond acceptors (Lipinski definition) is 2. The zero-order valence-electron chi connectivity index (χ0n) is 11.9. The summed E-state index contributed by atoms with van der Waals surface area (Å²) in [6.07, 6.45) is 0. The first-order valence-corrected chi connectivity index (χ1v) is 6.85. The fourth-order valence-electron chi connectivity index (χ4n) is 3.02. The number of carbonyl (C=O) groups is 2. The molecule has 0 spiro atoms. The molecule has 4 nitrogen and oxygen atoms in total. The highest BCUT2D eigenvalue weighted by Gasteiger charge is 2.42. The minimum absolute atomic E-state index is 0.234. The van der Waals surface area contributed by atoms with E-state index in [0.29, 0.717) is 16.7 Å². The van der Waals surface area contributed by atoms with Crippen molar-refractivity contribution in [3.8, 4) is 0 Å². The molecule has 1 heterocycles. The van der Waals surface area contributed by atoms with Gasteiger partial charge in [-0.05, 0) is 29.3 Å². The molecule has 0 aliphatic carbocycles. The van der Waals surface area contributed by atoms with Crippen molar-refractivity contribution in [3.63, 3.8) is 0 Å². The zero-order valence-corrected chi connectivity index (χ0v) is 11.9. The van der Waals surface area contributed by atoms with Gasteiger partial charge < -0.3 is 10.0 Å². The predicted molar refractivity (Wildman–Crippen MR) is 78.1 cm³/mol. The molecule has 0 unspecified atom stereocenters. The largest absolute Gasteiger partial charge is 0.481 e. The molecule has 0 saturated carbocycles. The molecular weight excluding hydrogens is 285 g/mol. The number of rotatable bonds is 2. The van der Waals surface area contributed by atoms with E-state index in [1.165, 1.54) is 29.2 Å². The molecule has 0 bridgehead atoms. The summed E-state index contributed by atoms with van der Waals surface area (Å²) in [4.78, 5) is 25.7. The maximum Gasteiger partial charge on any atom is 0.313 e. The van der Waals surface area contributed by atoms with Gasteiger partial charge in [0.25, 0.3) is 5.91 Å². The standard InChI is InChI=1S/C17H14FNO3/c1-19-15(10-6-8-11(18)9-7-10)14(17(21)22)12-4-2-3-5-13(12)16(19)20/h2-9,14-15H,1H3,(H,21,22)/t14-,15-/m1/s1. The topological polar surface area (TPSA) is 57.6 Å². The van der Waals surface area contributed by atoms with Crippen molar-refractivity contribution in [1.82, 2.24) is 4.90 Å². The van der Waals surface area contributed by atoms with Crippen LogP contribution in [0.5, 0.6) is 0 Å². The fraction of sp³-hybridized carbons (Fsp3) is 0.176. The molecule has 0 saturated heterocycles. The van der Waals surface area contributed by atoms with Gasteiger partial charge in [-0.2, -0.15) is 0 Å². The lowest BCUT2D eigenvalue weighted by Crippen LogP contribution is -2.42. The van der Waals surface area contributed by atoms with Crippen LogP contribution >= 0.6 is 0 Å². The minimum Gasteiger partial charge on any atom is -0.481 e. The predicted octanol–water partition coefficient (Wildman–Crippen LogP) is 2.82. The van der Waals surface area contributed by atoms with E-state index in [2.05, 4.69) is 0 Å². The van der Waals surface area contributed by atoms with Gasteiger partial charge in [0.15, 0.2) is 0 Å². The molecule has 2 aromatic carbocycles. The molecule has 5 heteroatoms. The summed E-state index contributed by atoms with van der Waals surface area (Å²) in [6.45, 7) is 0. The maximum absolute atomic E-state index is 13.1. The molecule has 1 aliphatic rings. The molecule has 1 N–H and O–H groups in total. The molecule has 22 heavy (non-hydrogen) atoms. The van der Waals surface area contributed by atoms with Crippen LogP contribution in [0.15, 0.2) is 48.5 Å². The Kier molecular flexibility index (Phi) is 3.41. The summed E-state index contributed by atoms with van der Waals surface area (Å²) >= 11 is 0. The number of likely N-dealkylation sites (N-methyl/N-ethyl adjacent to an activating group) is 1. The zero-order chi connectivity index (χ0) is 15.9. The van der Waals surface area contributed by atoms with E-state index in [0.717, 1.165) is 0 Å². The van der Waals surface area contributed by atoms with Crippen LogP contribution in [0.2, 0.25) is 0 Å². The van der Waals surface area contributed by atoms with Crippen LogP contribution in [0.25, 0.3) is 0 Å². The second-order valence-corrected chi connectivity index (χ2v) is 5.32. The Morgan fingerprint density at radius 2 is 1.77 bits per heavy atom. The highest BCUT2D eigenvalue weighted by atomic mass is 19.1. The van der Waals surface area contributed by atoms with Gasteiger partial charge in [0, 0.05) is 12.6 Å². The molecule has 1 aliphatic heterocycles. The van der Waals surface area contributed by atoms with E-state index in [9.17, 15) is 19.1 Å². The van der Waals surface area contributed by atoms with Gasteiger partial charge in [0.1, 0.15) is 11.7 Å². The molecule has 0 radical (unpaired) electrons. The second-order valence-electron chi connectivity index (χ2n) is 5.32. The SMILES string of the molecule is CN1C(=O)c2ccccc2[C@@H](C(=O)O)[C@H]1c1ccc(F)cc1. The van der Waals surface area contributed by atoms with Crippen molar-refractivity contribution in [2.24, 2.45) is 0 Å². The Morgan fingerprint density at radius 3 is 2.41 bits per heavy atom. The second kappa shape index (κ2) is 5.26. The van der Waals surface area contributed by atoms with Crippen LogP contribution in [0.1, 0.15) is 33.4 Å². The molecule has 112 valence electrons. The van der Waals surface area contributed by atoms with Crippen LogP contribution in [0, 0.1) is 5.82 Å². The number of carboxylic acid groups (broad SMARTS) is 1. The third kappa shape index (κ3) is 2.15. The number of carboxylic acids is 1. The van der Waals surface area contributed by atoms with Crippen molar-refractivity contribution >= 4 is 11.9 Å². The number of aliphatic carboxylic acids is 1. The molecule has 2 aromatic rings. The summed E-state index contributed by atoms with van der Waals surface area (Å²) in [5.41, 5.74) is 1.49. The van der Waals surface area contributed by atoms with Gasteiger partial charge in [0.05, 0.1) is 6.04 Å². The van der Waals surface area contributed by atoms with Crippen LogP contribution in [0.3, 0.4) is 0 Å². The number of amides is 1. The molecular formula is C17H14FNO3. The summed E-state index contributed by atoms with van der Waals surface area (Å²) in [7, 11) is 1.57. The van der Waals surface area contributed by atoms with E-state index in [4.69, 9.17) is 0 Å². The maximum atomic E-state index is 13.1. The Hall–Kier alpha value is -2.69. The number of nitrogens with zero attached hydrogens (tertiary/aromatic N) is 1. The number of benzene rings is 2. The fourth-order valence-corrected chi connectivity index (χ4v) is 3.02. The van der Waals surface area contributed by atoms with Crippen LogP contribution < -0.4 is 0 Å². The first-order valence-electron chi connectivity index (χ1n) is 6.85. The first-order chi connectivity index (χ1) is 10.5. The van der Waals surface area contributed by atoms with Crippen molar-refractivity contribution < 1.29 is 19.1 Å². The molecule has 3 rings (SSSR count). The number of hydrogen-bond donors (Lipinski definition) is 1. The Balaban J connectivity index is 2.18. The average Bonchev–Trinajstić information content (AvgIpc) is 2.51. The van der Waals surface area contributed by atoms with Gasteiger partial charge in [-0.1, -0.05) is 30.3 Å². The molecule has 2 atom stereocenters. The quantitative estimate of drug-likeness (QED) is 0.927. The third-order valence-electron chi connectivity index (χ3n) is 4.06. The Labute approximate surface area is 126 Å².